The lowest BCUT2D eigenvalue weighted by atomic mass is 10.1. The summed E-state index contributed by atoms with van der Waals surface area (Å²) < 4.78 is 33.8. The third-order valence-corrected chi connectivity index (χ3v) is 5.23. The molecule has 8 nitrogen and oxygen atoms in total. The van der Waals surface area contributed by atoms with E-state index in [0.29, 0.717) is 31.0 Å². The number of para-hydroxylation sites is 1. The highest BCUT2D eigenvalue weighted by Gasteiger charge is 2.16. The summed E-state index contributed by atoms with van der Waals surface area (Å²) in [5, 5.41) is 11.3. The van der Waals surface area contributed by atoms with Crippen LogP contribution in [0.3, 0.4) is 0 Å². The van der Waals surface area contributed by atoms with Crippen molar-refractivity contribution in [3.8, 4) is 11.5 Å². The van der Waals surface area contributed by atoms with E-state index in [4.69, 9.17) is 14.6 Å². The molecule has 0 atom stereocenters. The van der Waals surface area contributed by atoms with Gasteiger partial charge in [-0.1, -0.05) is 24.3 Å². The number of ether oxygens (including phenoxy) is 2. The summed E-state index contributed by atoms with van der Waals surface area (Å²) in [6.07, 6.45) is 0.707. The van der Waals surface area contributed by atoms with E-state index in [9.17, 15) is 13.2 Å². The van der Waals surface area contributed by atoms with Gasteiger partial charge in [0.2, 0.25) is 10.0 Å². The van der Waals surface area contributed by atoms with Crippen molar-refractivity contribution >= 4 is 28.3 Å². The fourth-order valence-electron chi connectivity index (χ4n) is 2.92. The van der Waals surface area contributed by atoms with Crippen LogP contribution in [0.25, 0.3) is 0 Å². The number of methoxy groups -OCH3 is 1. The first kappa shape index (κ1) is 27.7. The lowest BCUT2D eigenvalue weighted by Crippen LogP contribution is -2.43. The predicted octanol–water partition coefficient (Wildman–Crippen LogP) is 2.39. The summed E-state index contributed by atoms with van der Waals surface area (Å²) in [5.74, 6) is 0.876. The lowest BCUT2D eigenvalue weighted by Gasteiger charge is -2.21. The van der Waals surface area contributed by atoms with Gasteiger partial charge in [-0.15, -0.1) is 12.4 Å². The van der Waals surface area contributed by atoms with E-state index >= 15 is 0 Å². The number of carbonyl (C=O) groups is 1. The number of benzene rings is 2. The fraction of sp³-hybridized carbons (Fsp3) is 0.409. The van der Waals surface area contributed by atoms with Crippen molar-refractivity contribution in [3.63, 3.8) is 0 Å². The standard InChI is InChI=1S/C22H31N3O5S.ClH/c1-22(2,3)25-20(26)15-30-21-17(6-5-7-19(21)29-4)14-24-13-12-16-8-10-18(11-9-16)31(23,27)28;/h5-11,24H,12-15H2,1-4H3,(H,25,26)(H2,23,27,28);1H. The molecule has 2 rings (SSSR count). The molecule has 0 aromatic heterocycles. The minimum atomic E-state index is -3.68. The van der Waals surface area contributed by atoms with Crippen LogP contribution in [0.2, 0.25) is 0 Å². The third kappa shape index (κ3) is 9.04. The number of rotatable bonds is 10. The Bertz CT molecular complexity index is 990. The van der Waals surface area contributed by atoms with E-state index in [1.807, 2.05) is 32.9 Å². The molecule has 32 heavy (non-hydrogen) atoms. The first-order valence-electron chi connectivity index (χ1n) is 9.92. The monoisotopic (exact) mass is 485 g/mol. The van der Waals surface area contributed by atoms with E-state index in [1.54, 1.807) is 25.3 Å². The Labute approximate surface area is 196 Å². The highest BCUT2D eigenvalue weighted by Crippen LogP contribution is 2.31. The van der Waals surface area contributed by atoms with Crippen LogP contribution in [0.1, 0.15) is 31.9 Å². The van der Waals surface area contributed by atoms with Crippen LogP contribution in [-0.2, 0) is 27.8 Å². The minimum Gasteiger partial charge on any atom is -0.493 e. The molecule has 4 N–H and O–H groups in total. The van der Waals surface area contributed by atoms with Crippen molar-refractivity contribution in [2.24, 2.45) is 5.14 Å². The van der Waals surface area contributed by atoms with E-state index in [0.717, 1.165) is 11.1 Å². The maximum absolute atomic E-state index is 12.1. The zero-order valence-corrected chi connectivity index (χ0v) is 20.4. The Morgan fingerprint density at radius 2 is 1.75 bits per heavy atom. The number of hydrogen-bond donors (Lipinski definition) is 3. The van der Waals surface area contributed by atoms with Crippen molar-refractivity contribution in [2.75, 3.05) is 20.3 Å². The number of hydrogen-bond acceptors (Lipinski definition) is 6. The molecule has 0 saturated carbocycles. The maximum Gasteiger partial charge on any atom is 0.258 e. The topological polar surface area (TPSA) is 120 Å². The fourth-order valence-corrected chi connectivity index (χ4v) is 3.43. The molecule has 0 fully saturated rings. The van der Waals surface area contributed by atoms with Crippen molar-refractivity contribution in [1.82, 2.24) is 10.6 Å². The number of nitrogens with two attached hydrogens (primary N) is 1. The number of nitrogens with one attached hydrogen (secondary N) is 2. The van der Waals surface area contributed by atoms with Crippen LogP contribution in [0.5, 0.6) is 11.5 Å². The van der Waals surface area contributed by atoms with Crippen LogP contribution in [0.4, 0.5) is 0 Å². The first-order chi connectivity index (χ1) is 14.5. The zero-order valence-electron chi connectivity index (χ0n) is 18.8. The van der Waals surface area contributed by atoms with Gasteiger partial charge in [0.05, 0.1) is 12.0 Å². The van der Waals surface area contributed by atoms with Gasteiger partial charge in [0.15, 0.2) is 18.1 Å². The molecule has 2 aromatic rings. The summed E-state index contributed by atoms with van der Waals surface area (Å²) in [7, 11) is -2.13. The van der Waals surface area contributed by atoms with Crippen LogP contribution in [0.15, 0.2) is 47.4 Å². The lowest BCUT2D eigenvalue weighted by molar-refractivity contribution is -0.124. The van der Waals surface area contributed by atoms with Crippen LogP contribution in [0, 0.1) is 0 Å². The normalized spacial score (nSPS) is 11.4. The Hall–Kier alpha value is -2.33. The number of sulfonamides is 1. The highest BCUT2D eigenvalue weighted by molar-refractivity contribution is 7.89. The van der Waals surface area contributed by atoms with Gasteiger partial charge in [-0.25, -0.2) is 13.6 Å². The van der Waals surface area contributed by atoms with Gasteiger partial charge in [-0.05, 0) is 57.5 Å². The second kappa shape index (κ2) is 12.1. The average Bonchev–Trinajstić information content (AvgIpc) is 2.68. The molecule has 1 amide bonds. The second-order valence-corrected chi connectivity index (χ2v) is 9.71. The molecule has 0 unspecified atom stereocenters. The predicted molar refractivity (Wildman–Crippen MR) is 127 cm³/mol. The Morgan fingerprint density at radius 3 is 2.31 bits per heavy atom. The van der Waals surface area contributed by atoms with Gasteiger partial charge in [0.25, 0.3) is 5.91 Å². The van der Waals surface area contributed by atoms with Crippen LogP contribution in [-0.4, -0.2) is 40.1 Å². The number of primary sulfonamides is 1. The van der Waals surface area contributed by atoms with Crippen LogP contribution >= 0.6 is 12.4 Å². The number of carbonyl (C=O) groups excluding carboxylic acids is 1. The van der Waals surface area contributed by atoms with E-state index < -0.39 is 10.0 Å². The average molecular weight is 486 g/mol. The van der Waals surface area contributed by atoms with Crippen molar-refractivity contribution in [1.29, 1.82) is 0 Å². The molecular formula is C22H32ClN3O5S. The molecule has 2 aromatic carbocycles. The van der Waals surface area contributed by atoms with Gasteiger partial charge in [0.1, 0.15) is 0 Å². The smallest absolute Gasteiger partial charge is 0.258 e. The summed E-state index contributed by atoms with van der Waals surface area (Å²) in [5.41, 5.74) is 1.52. The summed E-state index contributed by atoms with van der Waals surface area (Å²) >= 11 is 0. The van der Waals surface area contributed by atoms with E-state index in [-0.39, 0.29) is 35.4 Å². The van der Waals surface area contributed by atoms with E-state index in [2.05, 4.69) is 10.6 Å². The van der Waals surface area contributed by atoms with Crippen molar-refractivity contribution in [3.05, 3.63) is 53.6 Å². The summed E-state index contributed by atoms with van der Waals surface area (Å²) in [6.45, 7) is 6.79. The van der Waals surface area contributed by atoms with Crippen molar-refractivity contribution in [2.45, 2.75) is 44.2 Å². The molecule has 0 aliphatic carbocycles. The molecule has 178 valence electrons. The minimum absolute atomic E-state index is 0. The quantitative estimate of drug-likeness (QED) is 0.444. The zero-order chi connectivity index (χ0) is 23.1. The number of halogens is 1. The van der Waals surface area contributed by atoms with Gasteiger partial charge in [-0.3, -0.25) is 4.79 Å². The van der Waals surface area contributed by atoms with Gasteiger partial charge < -0.3 is 20.1 Å². The largest absolute Gasteiger partial charge is 0.493 e. The molecule has 0 aliphatic rings. The van der Waals surface area contributed by atoms with Crippen LogP contribution < -0.4 is 25.2 Å². The van der Waals surface area contributed by atoms with E-state index in [1.165, 1.54) is 12.1 Å². The van der Waals surface area contributed by atoms with Gasteiger partial charge >= 0.3 is 0 Å². The van der Waals surface area contributed by atoms with Gasteiger partial charge in [0, 0.05) is 17.6 Å². The molecule has 0 saturated heterocycles. The summed E-state index contributed by atoms with van der Waals surface area (Å²) in [6, 6.07) is 12.1. The maximum atomic E-state index is 12.1. The molecular weight excluding hydrogens is 454 g/mol. The molecule has 0 aliphatic heterocycles. The van der Waals surface area contributed by atoms with Gasteiger partial charge in [-0.2, -0.15) is 0 Å². The molecule has 0 bridgehead atoms. The summed E-state index contributed by atoms with van der Waals surface area (Å²) in [4.78, 5) is 12.2. The number of amides is 1. The molecule has 0 heterocycles. The Kier molecular flexibility index (Phi) is 10.4. The highest BCUT2D eigenvalue weighted by atomic mass is 35.5. The molecule has 0 radical (unpaired) electrons. The Morgan fingerprint density at radius 1 is 1.09 bits per heavy atom. The molecule has 10 heteroatoms. The second-order valence-electron chi connectivity index (χ2n) is 8.15. The van der Waals surface area contributed by atoms with Crippen molar-refractivity contribution < 1.29 is 22.7 Å². The SMILES string of the molecule is COc1cccc(CNCCc2ccc(S(N)(=O)=O)cc2)c1OCC(=O)NC(C)(C)C.Cl. The Balaban J connectivity index is 0.00000512. The molecule has 0 spiro atoms. The third-order valence-electron chi connectivity index (χ3n) is 4.30. The first-order valence-corrected chi connectivity index (χ1v) is 11.5.